The number of nitrogens with one attached hydrogen (secondary N) is 1. The number of pyridine rings is 1. The summed E-state index contributed by atoms with van der Waals surface area (Å²) in [5.74, 6) is 0.355. The van der Waals surface area contributed by atoms with Crippen LogP contribution >= 0.6 is 0 Å². The topological polar surface area (TPSA) is 126 Å². The minimum atomic E-state index is -0.773. The molecule has 1 N–H and O–H groups in total. The molecule has 17 heteroatoms. The number of hydrogen-bond donors (Lipinski definition) is 1. The minimum Gasteiger partial charge on any atom is -0.374 e. The van der Waals surface area contributed by atoms with Gasteiger partial charge in [0.25, 0.3) is 0 Å². The third kappa shape index (κ3) is 5.76. The lowest BCUT2D eigenvalue weighted by atomic mass is 9.88. The van der Waals surface area contributed by atoms with Crippen LogP contribution in [-0.2, 0) is 16.1 Å². The molecule has 1 amide bonds. The first-order valence-electron chi connectivity index (χ1n) is 19.9. The fraction of sp³-hybridized carbons (Fsp3) is 0.415. The summed E-state index contributed by atoms with van der Waals surface area (Å²) in [6.45, 7) is 5.71. The lowest BCUT2D eigenvalue weighted by Crippen LogP contribution is -2.68. The van der Waals surface area contributed by atoms with Crippen molar-refractivity contribution in [3.8, 4) is 16.9 Å². The molecule has 8 bridgehead atoms. The van der Waals surface area contributed by atoms with Gasteiger partial charge in [-0.1, -0.05) is 6.07 Å². The molecule has 58 heavy (non-hydrogen) atoms. The zero-order valence-electron chi connectivity index (χ0n) is 32.0. The van der Waals surface area contributed by atoms with E-state index in [1.54, 1.807) is 6.20 Å². The molecule has 2 unspecified atom stereocenters. The van der Waals surface area contributed by atoms with Gasteiger partial charge >= 0.3 is 0 Å². The number of likely N-dealkylation sites (tertiary alicyclic amines) is 1. The number of benzene rings is 2. The molecule has 298 valence electrons. The summed E-state index contributed by atoms with van der Waals surface area (Å²) in [5.41, 5.74) is 2.92. The Hall–Kier alpha value is -5.81. The Balaban J connectivity index is 1.05. The summed E-state index contributed by atoms with van der Waals surface area (Å²) < 4.78 is 54.5. The summed E-state index contributed by atoms with van der Waals surface area (Å²) in [7, 11) is 2.10. The molecule has 4 aromatic heterocycles. The van der Waals surface area contributed by atoms with Crippen LogP contribution in [0.4, 0.5) is 30.8 Å². The van der Waals surface area contributed by atoms with Crippen LogP contribution in [0.2, 0.25) is 0 Å². The average molecular weight is 791 g/mol. The number of hydrogen-bond acceptors (Lipinski definition) is 11. The number of piperidine rings is 1. The quantitative estimate of drug-likeness (QED) is 0.272. The Kier molecular flexibility index (Phi) is 8.15. The molecule has 0 spiro atoms. The van der Waals surface area contributed by atoms with E-state index in [1.807, 2.05) is 39.5 Å². The van der Waals surface area contributed by atoms with Crippen molar-refractivity contribution in [1.29, 1.82) is 0 Å². The molecule has 0 radical (unpaired) electrons. The number of aromatic nitrogens is 7. The molecule has 11 rings (SSSR count). The van der Waals surface area contributed by atoms with Crippen LogP contribution in [0.3, 0.4) is 0 Å². The predicted octanol–water partition coefficient (Wildman–Crippen LogP) is 4.54. The van der Waals surface area contributed by atoms with Crippen molar-refractivity contribution in [2.75, 3.05) is 61.5 Å². The van der Waals surface area contributed by atoms with Gasteiger partial charge in [-0.25, -0.2) is 27.8 Å². The molecule has 4 fully saturated rings. The number of aryl methyl sites for hydroxylation is 1. The van der Waals surface area contributed by atoms with Gasteiger partial charge in [-0.05, 0) is 63.6 Å². The Morgan fingerprint density at radius 1 is 0.897 bits per heavy atom. The Bertz CT molecular complexity index is 2620. The van der Waals surface area contributed by atoms with Gasteiger partial charge in [0.1, 0.15) is 40.8 Å². The number of amides is 1. The van der Waals surface area contributed by atoms with Crippen LogP contribution in [0.15, 0.2) is 54.7 Å². The number of carbonyl (C=O) groups is 1. The highest BCUT2D eigenvalue weighted by Crippen LogP contribution is 2.40. The van der Waals surface area contributed by atoms with E-state index in [2.05, 4.69) is 27.3 Å². The SMILES string of the molecule is Cc1nc2cc(F)cc3c2n1C[C@H]1CN(CCCO1)C(=O)[C@@H]1C[C@@H](CN1c1nc(N2C4CC2CN(C)C4)nc2c1cnn2-c1ccc(F)cc1F)Nc1cccc-3n1. The number of nitrogens with zero attached hydrogens (tertiary/aromatic N) is 11. The number of halogens is 3. The third-order valence-electron chi connectivity index (χ3n) is 12.4. The van der Waals surface area contributed by atoms with Gasteiger partial charge in [0.05, 0.1) is 41.0 Å². The highest BCUT2D eigenvalue weighted by molar-refractivity contribution is 5.94. The minimum absolute atomic E-state index is 0.0546. The van der Waals surface area contributed by atoms with E-state index in [-0.39, 0.29) is 35.8 Å². The Morgan fingerprint density at radius 2 is 1.76 bits per heavy atom. The first-order valence-corrected chi connectivity index (χ1v) is 19.9. The van der Waals surface area contributed by atoms with Crippen LogP contribution in [-0.4, -0.2) is 127 Å². The van der Waals surface area contributed by atoms with Gasteiger partial charge in [-0.15, -0.1) is 0 Å². The summed E-state index contributed by atoms with van der Waals surface area (Å²) >= 11 is 0. The van der Waals surface area contributed by atoms with Gasteiger partial charge in [0, 0.05) is 75.2 Å². The van der Waals surface area contributed by atoms with Crippen molar-refractivity contribution in [3.05, 3.63) is 78.0 Å². The van der Waals surface area contributed by atoms with Crippen LogP contribution in [0.25, 0.3) is 39.0 Å². The maximum Gasteiger partial charge on any atom is 0.245 e. The number of likely N-dealkylation sites (N-methyl/N-ethyl adjacent to an activating group) is 1. The van der Waals surface area contributed by atoms with Gasteiger partial charge in [-0.3, -0.25) is 4.79 Å². The Labute approximate surface area is 331 Å². The second-order valence-corrected chi connectivity index (χ2v) is 16.3. The fourth-order valence-electron chi connectivity index (χ4n) is 9.86. The largest absolute Gasteiger partial charge is 0.374 e. The van der Waals surface area contributed by atoms with Crippen molar-refractivity contribution in [1.82, 2.24) is 44.1 Å². The van der Waals surface area contributed by atoms with Crippen LogP contribution in [0.5, 0.6) is 0 Å². The third-order valence-corrected chi connectivity index (χ3v) is 12.4. The molecule has 0 saturated carbocycles. The van der Waals surface area contributed by atoms with Gasteiger partial charge in [-0.2, -0.15) is 15.1 Å². The average Bonchev–Trinajstić information content (AvgIpc) is 3.83. The van der Waals surface area contributed by atoms with Crippen molar-refractivity contribution < 1.29 is 22.7 Å². The molecular weight excluding hydrogens is 750 g/mol. The van der Waals surface area contributed by atoms with Gasteiger partial charge < -0.3 is 34.2 Å². The van der Waals surface area contributed by atoms with E-state index in [4.69, 9.17) is 24.7 Å². The summed E-state index contributed by atoms with van der Waals surface area (Å²) in [4.78, 5) is 43.5. The van der Waals surface area contributed by atoms with Crippen molar-refractivity contribution >= 4 is 45.6 Å². The van der Waals surface area contributed by atoms with Crippen molar-refractivity contribution in [2.24, 2.45) is 0 Å². The second-order valence-electron chi connectivity index (χ2n) is 16.3. The number of fused-ring (bicyclic) bond motifs is 10. The molecular formula is C41H41F3N12O2. The van der Waals surface area contributed by atoms with E-state index in [0.717, 1.165) is 31.1 Å². The fourth-order valence-corrected chi connectivity index (χ4v) is 9.86. The molecule has 9 heterocycles. The number of carbonyl (C=O) groups excluding carboxylic acids is 1. The van der Waals surface area contributed by atoms with Crippen LogP contribution in [0, 0.1) is 24.4 Å². The maximum absolute atomic E-state index is 15.4. The molecule has 5 aliphatic rings. The normalized spacial score (nSPS) is 24.7. The van der Waals surface area contributed by atoms with Crippen molar-refractivity contribution in [3.63, 3.8) is 0 Å². The van der Waals surface area contributed by atoms with E-state index in [0.29, 0.717) is 96.8 Å². The first-order chi connectivity index (χ1) is 28.1. The molecule has 5 atom stereocenters. The number of piperazine rings is 1. The molecule has 2 aromatic carbocycles. The molecule has 0 aliphatic carbocycles. The predicted molar refractivity (Wildman–Crippen MR) is 211 cm³/mol. The zero-order chi connectivity index (χ0) is 39.4. The molecule has 6 aromatic rings. The number of rotatable bonds is 3. The molecule has 14 nitrogen and oxygen atoms in total. The zero-order valence-corrected chi connectivity index (χ0v) is 32.0. The summed E-state index contributed by atoms with van der Waals surface area (Å²) in [5, 5.41) is 8.74. The summed E-state index contributed by atoms with van der Waals surface area (Å²) in [6.07, 6.45) is 3.34. The van der Waals surface area contributed by atoms with E-state index >= 15 is 13.6 Å². The van der Waals surface area contributed by atoms with Crippen molar-refractivity contribution in [2.45, 2.75) is 63.0 Å². The number of anilines is 3. The van der Waals surface area contributed by atoms with E-state index in [9.17, 15) is 4.39 Å². The maximum atomic E-state index is 15.4. The standard InChI is InChI=1S/C41H41F3N12O2/c1-22-46-33-13-24(43)11-29-32-5-3-6-36(48-32)47-25-14-35(40(57)52-9-4-10-58-28(20-52)21-53(22)37(29)33)54(17-25)38-30-16-45-56(34-8-7-23(42)12-31(34)44)39(30)50-41(49-38)55-26-15-27(55)19-51(2)18-26/h3,5-8,11-13,16,25-28,35H,4,9-10,14-15,17-21H2,1-2H3,(H,47,48)/t25-,26?,27?,28+,35-/m0/s1. The van der Waals surface area contributed by atoms with E-state index in [1.165, 1.54) is 28.9 Å². The van der Waals surface area contributed by atoms with Crippen LogP contribution < -0.4 is 15.1 Å². The molecule has 5 aliphatic heterocycles. The highest BCUT2D eigenvalue weighted by Gasteiger charge is 2.47. The lowest BCUT2D eigenvalue weighted by Gasteiger charge is -2.55. The lowest BCUT2D eigenvalue weighted by molar-refractivity contribution is -0.133. The number of ether oxygens (including phenoxy) is 1. The van der Waals surface area contributed by atoms with E-state index < -0.39 is 23.5 Å². The van der Waals surface area contributed by atoms with Gasteiger partial charge in [0.15, 0.2) is 11.5 Å². The Morgan fingerprint density at radius 3 is 2.60 bits per heavy atom. The molecule has 4 saturated heterocycles. The van der Waals surface area contributed by atoms with Gasteiger partial charge in [0.2, 0.25) is 11.9 Å². The summed E-state index contributed by atoms with van der Waals surface area (Å²) in [6, 6.07) is 11.4. The monoisotopic (exact) mass is 790 g/mol. The van der Waals surface area contributed by atoms with Crippen LogP contribution in [0.1, 0.15) is 25.1 Å². The highest BCUT2D eigenvalue weighted by atomic mass is 19.1. The first kappa shape index (κ1) is 35.4. The number of imidazole rings is 1. The smallest absolute Gasteiger partial charge is 0.245 e. The second kappa shape index (κ2) is 13.4.